The van der Waals surface area contributed by atoms with E-state index in [0.717, 1.165) is 25.9 Å². The molecule has 0 aromatic heterocycles. The van der Waals surface area contributed by atoms with Gasteiger partial charge in [-0.2, -0.15) is 0 Å². The topological polar surface area (TPSA) is 52.6 Å². The molecule has 0 radical (unpaired) electrons. The summed E-state index contributed by atoms with van der Waals surface area (Å²) in [6.07, 6.45) is 1.79. The summed E-state index contributed by atoms with van der Waals surface area (Å²) in [6, 6.07) is 8.46. The average Bonchev–Trinajstić information content (AvgIpc) is 2.53. The molecule has 0 atom stereocenters. The van der Waals surface area contributed by atoms with E-state index in [2.05, 4.69) is 50.4 Å². The highest BCUT2D eigenvalue weighted by Gasteiger charge is 2.25. The molecule has 2 rings (SSSR count). The van der Waals surface area contributed by atoms with Crippen LogP contribution in [0, 0.1) is 12.8 Å². The second-order valence-electron chi connectivity index (χ2n) is 7.03. The van der Waals surface area contributed by atoms with Crippen molar-refractivity contribution in [2.75, 3.05) is 26.2 Å². The molecule has 22 heavy (non-hydrogen) atoms. The number of nitrogens with zero attached hydrogens (tertiary/aromatic N) is 1. The lowest BCUT2D eigenvalue weighted by atomic mass is 9.84. The maximum absolute atomic E-state index is 12.3. The predicted octanol–water partition coefficient (Wildman–Crippen LogP) is 2.69. The van der Waals surface area contributed by atoms with Crippen LogP contribution >= 0.6 is 0 Å². The molecule has 1 aromatic carbocycles. The van der Waals surface area contributed by atoms with Gasteiger partial charge in [-0.3, -0.25) is 0 Å². The van der Waals surface area contributed by atoms with Crippen molar-refractivity contribution in [1.29, 1.82) is 0 Å². The second kappa shape index (κ2) is 7.14. The molecule has 4 nitrogen and oxygen atoms in total. The van der Waals surface area contributed by atoms with Gasteiger partial charge in [0.05, 0.1) is 0 Å². The van der Waals surface area contributed by atoms with Gasteiger partial charge in [-0.1, -0.05) is 43.7 Å². The highest BCUT2D eigenvalue weighted by Crippen LogP contribution is 2.23. The highest BCUT2D eigenvalue weighted by molar-refractivity contribution is 5.74. The molecule has 0 saturated carbocycles. The summed E-state index contributed by atoms with van der Waals surface area (Å²) in [5, 5.41) is 12.2. The summed E-state index contributed by atoms with van der Waals surface area (Å²) in [5.74, 6) is 0.354. The Balaban J connectivity index is 1.87. The Morgan fingerprint density at radius 3 is 2.64 bits per heavy atom. The van der Waals surface area contributed by atoms with Gasteiger partial charge in [-0.25, -0.2) is 4.79 Å². The van der Waals surface area contributed by atoms with Gasteiger partial charge >= 0.3 is 6.03 Å². The number of aryl methyl sites for hydroxylation is 1. The zero-order valence-electron chi connectivity index (χ0n) is 13.9. The molecule has 1 heterocycles. The Hall–Kier alpha value is -1.55. The first-order chi connectivity index (χ1) is 10.4. The minimum Gasteiger partial charge on any atom is -0.396 e. The number of hydrogen-bond acceptors (Lipinski definition) is 2. The van der Waals surface area contributed by atoms with E-state index >= 15 is 0 Å². The fraction of sp³-hybridized carbons (Fsp3) is 0.611. The first-order valence-electron chi connectivity index (χ1n) is 8.13. The van der Waals surface area contributed by atoms with Crippen molar-refractivity contribution in [1.82, 2.24) is 10.2 Å². The van der Waals surface area contributed by atoms with Crippen LogP contribution in [0.5, 0.6) is 0 Å². The lowest BCUT2D eigenvalue weighted by molar-refractivity contribution is 0.136. The molecule has 0 aliphatic carbocycles. The van der Waals surface area contributed by atoms with Crippen LogP contribution < -0.4 is 5.32 Å². The van der Waals surface area contributed by atoms with Crippen LogP contribution in [0.15, 0.2) is 24.3 Å². The first-order valence-corrected chi connectivity index (χ1v) is 8.13. The number of amides is 2. The third kappa shape index (κ3) is 4.23. The summed E-state index contributed by atoms with van der Waals surface area (Å²) in [6.45, 7) is 8.72. The average molecular weight is 304 g/mol. The Morgan fingerprint density at radius 2 is 2.05 bits per heavy atom. The number of aliphatic hydroxyl groups is 1. The van der Waals surface area contributed by atoms with Crippen LogP contribution in [0.25, 0.3) is 0 Å². The molecule has 0 unspecified atom stereocenters. The van der Waals surface area contributed by atoms with Crippen molar-refractivity contribution >= 4 is 6.03 Å². The van der Waals surface area contributed by atoms with Gasteiger partial charge in [0.2, 0.25) is 0 Å². The van der Waals surface area contributed by atoms with E-state index in [4.69, 9.17) is 5.11 Å². The van der Waals surface area contributed by atoms with E-state index < -0.39 is 0 Å². The van der Waals surface area contributed by atoms with Crippen LogP contribution in [0.2, 0.25) is 0 Å². The van der Waals surface area contributed by atoms with Gasteiger partial charge in [0.1, 0.15) is 0 Å². The summed E-state index contributed by atoms with van der Waals surface area (Å²) in [7, 11) is 0. The molecule has 1 fully saturated rings. The van der Waals surface area contributed by atoms with Gasteiger partial charge in [-0.05, 0) is 31.2 Å². The molecule has 1 aliphatic heterocycles. The van der Waals surface area contributed by atoms with Gasteiger partial charge < -0.3 is 15.3 Å². The lowest BCUT2D eigenvalue weighted by Crippen LogP contribution is -2.47. The fourth-order valence-electron chi connectivity index (χ4n) is 2.90. The number of benzene rings is 1. The number of rotatable bonds is 4. The number of likely N-dealkylation sites (tertiary alicyclic amines) is 1. The number of carbonyl (C=O) groups excluding carboxylic acids is 1. The number of carbonyl (C=O) groups is 1. The number of nitrogens with one attached hydrogen (secondary N) is 1. The van der Waals surface area contributed by atoms with Crippen LogP contribution in [-0.2, 0) is 5.41 Å². The maximum atomic E-state index is 12.3. The van der Waals surface area contributed by atoms with Crippen LogP contribution in [0.4, 0.5) is 4.79 Å². The summed E-state index contributed by atoms with van der Waals surface area (Å²) >= 11 is 0. The number of urea groups is 1. The normalized spacial score (nSPS) is 16.6. The smallest absolute Gasteiger partial charge is 0.317 e. The quantitative estimate of drug-likeness (QED) is 0.898. The van der Waals surface area contributed by atoms with E-state index in [9.17, 15) is 4.79 Å². The van der Waals surface area contributed by atoms with Gasteiger partial charge in [0, 0.05) is 31.7 Å². The monoisotopic (exact) mass is 304 g/mol. The van der Waals surface area contributed by atoms with Gasteiger partial charge in [0.15, 0.2) is 0 Å². The molecule has 2 amide bonds. The number of aliphatic hydroxyl groups excluding tert-OH is 1. The molecule has 1 aliphatic rings. The van der Waals surface area contributed by atoms with E-state index in [0.29, 0.717) is 12.5 Å². The fourth-order valence-corrected chi connectivity index (χ4v) is 2.90. The third-order valence-corrected chi connectivity index (χ3v) is 4.64. The highest BCUT2D eigenvalue weighted by atomic mass is 16.3. The van der Waals surface area contributed by atoms with Crippen LogP contribution in [0.3, 0.4) is 0 Å². The largest absolute Gasteiger partial charge is 0.396 e. The predicted molar refractivity (Wildman–Crippen MR) is 89.0 cm³/mol. The Labute approximate surface area is 133 Å². The summed E-state index contributed by atoms with van der Waals surface area (Å²) < 4.78 is 0. The Morgan fingerprint density at radius 1 is 1.36 bits per heavy atom. The minimum absolute atomic E-state index is 0.0112. The van der Waals surface area contributed by atoms with Crippen LogP contribution in [0.1, 0.15) is 37.8 Å². The summed E-state index contributed by atoms with van der Waals surface area (Å²) in [5.41, 5.74) is 2.39. The molecule has 2 N–H and O–H groups in total. The molecule has 1 aromatic rings. The number of piperidine rings is 1. The van der Waals surface area contributed by atoms with E-state index in [1.165, 1.54) is 11.1 Å². The van der Waals surface area contributed by atoms with E-state index in [1.807, 2.05) is 4.90 Å². The van der Waals surface area contributed by atoms with E-state index in [1.54, 1.807) is 0 Å². The second-order valence-corrected chi connectivity index (χ2v) is 7.03. The van der Waals surface area contributed by atoms with E-state index in [-0.39, 0.29) is 18.1 Å². The molecule has 4 heteroatoms. The number of hydrogen-bond donors (Lipinski definition) is 2. The SMILES string of the molecule is Cc1cccc(C(C)(C)CNC(=O)N2CCC(CO)CC2)c1. The molecular weight excluding hydrogens is 276 g/mol. The van der Waals surface area contributed by atoms with Crippen molar-refractivity contribution in [3.63, 3.8) is 0 Å². The van der Waals surface area contributed by atoms with Crippen LogP contribution in [-0.4, -0.2) is 42.3 Å². The Kier molecular flexibility index (Phi) is 5.46. The van der Waals surface area contributed by atoms with Crippen molar-refractivity contribution in [2.24, 2.45) is 5.92 Å². The molecular formula is C18H28N2O2. The molecule has 0 bridgehead atoms. The summed E-state index contributed by atoms with van der Waals surface area (Å²) in [4.78, 5) is 14.1. The molecule has 122 valence electrons. The third-order valence-electron chi connectivity index (χ3n) is 4.64. The van der Waals surface area contributed by atoms with Crippen molar-refractivity contribution in [3.8, 4) is 0 Å². The van der Waals surface area contributed by atoms with Crippen molar-refractivity contribution in [3.05, 3.63) is 35.4 Å². The first kappa shape index (κ1) is 16.8. The maximum Gasteiger partial charge on any atom is 0.317 e. The van der Waals surface area contributed by atoms with Gasteiger partial charge in [-0.15, -0.1) is 0 Å². The minimum atomic E-state index is -0.0922. The zero-order chi connectivity index (χ0) is 16.2. The molecule has 1 saturated heterocycles. The molecule has 0 spiro atoms. The van der Waals surface area contributed by atoms with Crippen molar-refractivity contribution in [2.45, 2.75) is 39.0 Å². The lowest BCUT2D eigenvalue weighted by Gasteiger charge is -2.33. The Bertz CT molecular complexity index is 506. The van der Waals surface area contributed by atoms with Crippen molar-refractivity contribution < 1.29 is 9.90 Å². The standard InChI is InChI=1S/C18H28N2O2/c1-14-5-4-6-16(11-14)18(2,3)13-19-17(22)20-9-7-15(12-21)8-10-20/h4-6,11,15,21H,7-10,12-13H2,1-3H3,(H,19,22). The van der Waals surface area contributed by atoms with Gasteiger partial charge in [0.25, 0.3) is 0 Å². The zero-order valence-corrected chi connectivity index (χ0v) is 13.9.